The number of ether oxygens (including phenoxy) is 2. The van der Waals surface area contributed by atoms with Crippen molar-refractivity contribution in [3.05, 3.63) is 0 Å². The van der Waals surface area contributed by atoms with Gasteiger partial charge in [0.1, 0.15) is 6.10 Å². The van der Waals surface area contributed by atoms with E-state index in [1.54, 1.807) is 0 Å². The van der Waals surface area contributed by atoms with Gasteiger partial charge in [-0.3, -0.25) is 4.79 Å². The molecule has 13 heavy (non-hydrogen) atoms. The quantitative estimate of drug-likeness (QED) is 0.613. The molecule has 0 aromatic rings. The highest BCUT2D eigenvalue weighted by atomic mass is 16.6. The largest absolute Gasteiger partial charge is 0.481 e. The van der Waals surface area contributed by atoms with Gasteiger partial charge in [0.15, 0.2) is 6.10 Å². The van der Waals surface area contributed by atoms with Gasteiger partial charge in [0, 0.05) is 0 Å². The lowest BCUT2D eigenvalue weighted by Crippen LogP contribution is -2.44. The summed E-state index contributed by atoms with van der Waals surface area (Å²) in [4.78, 5) is 20.9. The molecular weight excluding hydrogens is 180 g/mol. The molecule has 74 valence electrons. The molecule has 6 nitrogen and oxygen atoms in total. The highest BCUT2D eigenvalue weighted by molar-refractivity contribution is 5.75. The van der Waals surface area contributed by atoms with Crippen molar-refractivity contribution in [2.75, 3.05) is 13.2 Å². The smallest absolute Gasteiger partial charge is 0.335 e. The Morgan fingerprint density at radius 2 is 1.85 bits per heavy atom. The van der Waals surface area contributed by atoms with Gasteiger partial charge in [-0.05, 0) is 0 Å². The molecule has 1 fully saturated rings. The van der Waals surface area contributed by atoms with Crippen molar-refractivity contribution in [3.63, 3.8) is 0 Å². The van der Waals surface area contributed by atoms with Gasteiger partial charge in [-0.2, -0.15) is 0 Å². The predicted octanol–water partition coefficient (Wildman–Crippen LogP) is -0.670. The molecule has 2 N–H and O–H groups in total. The summed E-state index contributed by atoms with van der Waals surface area (Å²) in [5.74, 6) is -2.28. The first-order valence-corrected chi connectivity index (χ1v) is 3.79. The summed E-state index contributed by atoms with van der Waals surface area (Å²) in [5.41, 5.74) is 0. The van der Waals surface area contributed by atoms with Crippen molar-refractivity contribution in [2.24, 2.45) is 0 Å². The van der Waals surface area contributed by atoms with Crippen LogP contribution in [0.2, 0.25) is 0 Å². The fourth-order valence-corrected chi connectivity index (χ4v) is 1.14. The molecule has 1 rings (SSSR count). The molecular formula is C7H10O6. The Bertz CT molecular complexity index is 213. The van der Waals surface area contributed by atoms with E-state index in [2.05, 4.69) is 0 Å². The molecule has 2 unspecified atom stereocenters. The summed E-state index contributed by atoms with van der Waals surface area (Å²) in [7, 11) is 0. The van der Waals surface area contributed by atoms with Crippen LogP contribution >= 0.6 is 0 Å². The second kappa shape index (κ2) is 4.20. The van der Waals surface area contributed by atoms with E-state index in [0.717, 1.165) is 0 Å². The number of hydrogen-bond acceptors (Lipinski definition) is 4. The van der Waals surface area contributed by atoms with Crippen LogP contribution in [0.15, 0.2) is 0 Å². The third kappa shape index (κ3) is 2.67. The molecule has 0 amide bonds. The van der Waals surface area contributed by atoms with Crippen LogP contribution in [0, 0.1) is 0 Å². The monoisotopic (exact) mass is 190 g/mol. The van der Waals surface area contributed by atoms with Crippen molar-refractivity contribution >= 4 is 11.9 Å². The Morgan fingerprint density at radius 3 is 2.38 bits per heavy atom. The summed E-state index contributed by atoms with van der Waals surface area (Å²) in [6.45, 7) is 0.425. The maximum Gasteiger partial charge on any atom is 0.335 e. The molecule has 0 bridgehead atoms. The first-order chi connectivity index (χ1) is 6.11. The number of carbonyl (C=O) groups is 2. The van der Waals surface area contributed by atoms with E-state index in [-0.39, 0.29) is 19.6 Å². The van der Waals surface area contributed by atoms with Gasteiger partial charge in [0.25, 0.3) is 0 Å². The minimum atomic E-state index is -1.19. The maximum absolute atomic E-state index is 10.5. The Kier molecular flexibility index (Phi) is 3.21. The van der Waals surface area contributed by atoms with Crippen LogP contribution in [0.25, 0.3) is 0 Å². The topological polar surface area (TPSA) is 93.1 Å². The second-order valence-electron chi connectivity index (χ2n) is 2.64. The van der Waals surface area contributed by atoms with Crippen LogP contribution in [0.3, 0.4) is 0 Å². The van der Waals surface area contributed by atoms with E-state index < -0.39 is 24.1 Å². The van der Waals surface area contributed by atoms with Gasteiger partial charge >= 0.3 is 11.9 Å². The van der Waals surface area contributed by atoms with Crippen LogP contribution in [0.4, 0.5) is 0 Å². The number of carboxylic acids is 2. The van der Waals surface area contributed by atoms with Gasteiger partial charge in [0.2, 0.25) is 0 Å². The third-order valence-electron chi connectivity index (χ3n) is 1.67. The Balaban J connectivity index is 2.56. The summed E-state index contributed by atoms with van der Waals surface area (Å²) < 4.78 is 9.84. The molecule has 0 spiro atoms. The summed E-state index contributed by atoms with van der Waals surface area (Å²) in [6.07, 6.45) is -2.40. The molecule has 0 radical (unpaired) electrons. The van der Waals surface area contributed by atoms with Crippen LogP contribution < -0.4 is 0 Å². The fraction of sp³-hybridized carbons (Fsp3) is 0.714. The van der Waals surface area contributed by atoms with Crippen molar-refractivity contribution in [2.45, 2.75) is 18.6 Å². The summed E-state index contributed by atoms with van der Waals surface area (Å²) in [6, 6.07) is 0. The van der Waals surface area contributed by atoms with Gasteiger partial charge in [0.05, 0.1) is 19.6 Å². The zero-order valence-electron chi connectivity index (χ0n) is 6.80. The van der Waals surface area contributed by atoms with Gasteiger partial charge < -0.3 is 19.7 Å². The Hall–Kier alpha value is -1.14. The predicted molar refractivity (Wildman–Crippen MR) is 39.4 cm³/mol. The number of aliphatic carboxylic acids is 2. The normalized spacial score (nSPS) is 28.3. The van der Waals surface area contributed by atoms with Gasteiger partial charge in [-0.25, -0.2) is 4.79 Å². The van der Waals surface area contributed by atoms with Gasteiger partial charge in [-0.15, -0.1) is 0 Å². The highest BCUT2D eigenvalue weighted by Gasteiger charge is 2.34. The molecule has 0 aliphatic carbocycles. The first kappa shape index (κ1) is 9.94. The SMILES string of the molecule is O=C(O)CC1OCCOC1C(=O)O. The van der Waals surface area contributed by atoms with Crippen molar-refractivity contribution in [3.8, 4) is 0 Å². The molecule has 0 aromatic carbocycles. The molecule has 0 saturated carbocycles. The van der Waals surface area contributed by atoms with E-state index in [9.17, 15) is 9.59 Å². The molecule has 6 heteroatoms. The van der Waals surface area contributed by atoms with E-state index in [1.165, 1.54) is 0 Å². The molecule has 1 aliphatic rings. The third-order valence-corrected chi connectivity index (χ3v) is 1.67. The van der Waals surface area contributed by atoms with Crippen molar-refractivity contribution in [1.29, 1.82) is 0 Å². The van der Waals surface area contributed by atoms with E-state index in [1.807, 2.05) is 0 Å². The second-order valence-corrected chi connectivity index (χ2v) is 2.64. The van der Waals surface area contributed by atoms with E-state index in [4.69, 9.17) is 19.7 Å². The zero-order valence-corrected chi connectivity index (χ0v) is 6.80. The molecule has 1 heterocycles. The Labute approximate surface area is 74.1 Å². The maximum atomic E-state index is 10.5. The van der Waals surface area contributed by atoms with Gasteiger partial charge in [-0.1, -0.05) is 0 Å². The average molecular weight is 190 g/mol. The lowest BCUT2D eigenvalue weighted by molar-refractivity contribution is -0.183. The average Bonchev–Trinajstić information content (AvgIpc) is 2.03. The zero-order chi connectivity index (χ0) is 9.84. The summed E-state index contributed by atoms with van der Waals surface area (Å²) in [5, 5.41) is 17.1. The molecule has 0 aromatic heterocycles. The molecule has 1 aliphatic heterocycles. The van der Waals surface area contributed by atoms with Crippen LogP contribution in [-0.4, -0.2) is 47.6 Å². The summed E-state index contributed by atoms with van der Waals surface area (Å²) >= 11 is 0. The minimum absolute atomic E-state index is 0.188. The number of rotatable bonds is 3. The first-order valence-electron chi connectivity index (χ1n) is 3.79. The van der Waals surface area contributed by atoms with Crippen LogP contribution in [-0.2, 0) is 19.1 Å². The van der Waals surface area contributed by atoms with E-state index >= 15 is 0 Å². The van der Waals surface area contributed by atoms with Crippen molar-refractivity contribution in [1.82, 2.24) is 0 Å². The fourth-order valence-electron chi connectivity index (χ4n) is 1.14. The Morgan fingerprint density at radius 1 is 1.23 bits per heavy atom. The molecule has 2 atom stereocenters. The standard InChI is InChI=1S/C7H10O6/c8-5(9)3-4-6(7(10)11)13-2-1-12-4/h4,6H,1-3H2,(H,8,9)(H,10,11). The molecule has 1 saturated heterocycles. The minimum Gasteiger partial charge on any atom is -0.481 e. The number of hydrogen-bond donors (Lipinski definition) is 2. The number of carboxylic acid groups (broad SMARTS) is 2. The van der Waals surface area contributed by atoms with E-state index in [0.29, 0.717) is 0 Å². The highest BCUT2D eigenvalue weighted by Crippen LogP contribution is 2.13. The van der Waals surface area contributed by atoms with Crippen molar-refractivity contribution < 1.29 is 29.3 Å². The lowest BCUT2D eigenvalue weighted by atomic mass is 10.1. The van der Waals surface area contributed by atoms with Crippen LogP contribution in [0.1, 0.15) is 6.42 Å². The van der Waals surface area contributed by atoms with Crippen LogP contribution in [0.5, 0.6) is 0 Å². The lowest BCUT2D eigenvalue weighted by Gasteiger charge is -2.27.